The zero-order valence-corrected chi connectivity index (χ0v) is 14.6. The van der Waals surface area contributed by atoms with Crippen molar-refractivity contribution in [1.82, 2.24) is 0 Å². The number of ether oxygens (including phenoxy) is 3. The van der Waals surface area contributed by atoms with Crippen LogP contribution < -0.4 is 0 Å². The van der Waals surface area contributed by atoms with Gasteiger partial charge in [0.2, 0.25) is 0 Å². The Labute approximate surface area is 158 Å². The molecule has 28 heavy (non-hydrogen) atoms. The number of carboxylic acid groups (broad SMARTS) is 1. The summed E-state index contributed by atoms with van der Waals surface area (Å²) < 4.78 is 15.0. The van der Waals surface area contributed by atoms with E-state index >= 15 is 0 Å². The second kappa shape index (κ2) is 8.94. The van der Waals surface area contributed by atoms with Crippen molar-refractivity contribution in [1.29, 1.82) is 0 Å². The Bertz CT molecular complexity index is 568. The van der Waals surface area contributed by atoms with E-state index in [-0.39, 0.29) is 0 Å². The van der Waals surface area contributed by atoms with Crippen molar-refractivity contribution >= 4 is 11.9 Å². The molecule has 9 atom stereocenters. The quantitative estimate of drug-likeness (QED) is 0.151. The standard InChI is InChI=1S/C15H24O13/c16-2-5-9(20)11(22)12(23)14(28-5)15(25)4-27-6(10(21)13(15)24)3-26-8(19)1-7(17)18/h5-6,9-14,16,20-25H,1-4H2,(H,17,18)/t5-,6-,9-,10-,11+,12-,13+,14?,15+/m1/s1. The number of hydrogen-bond acceptors (Lipinski definition) is 12. The molecule has 13 heteroatoms. The summed E-state index contributed by atoms with van der Waals surface area (Å²) in [6, 6.07) is 0. The zero-order valence-electron chi connectivity index (χ0n) is 14.6. The number of rotatable bonds is 6. The van der Waals surface area contributed by atoms with Crippen molar-refractivity contribution in [2.75, 3.05) is 19.8 Å². The molecule has 0 aromatic heterocycles. The highest BCUT2D eigenvalue weighted by Crippen LogP contribution is 2.35. The van der Waals surface area contributed by atoms with E-state index in [4.69, 9.17) is 14.6 Å². The Balaban J connectivity index is 2.07. The molecule has 0 radical (unpaired) electrons. The van der Waals surface area contributed by atoms with Gasteiger partial charge in [-0.25, -0.2) is 0 Å². The predicted octanol–water partition coefficient (Wildman–Crippen LogP) is -5.30. The largest absolute Gasteiger partial charge is 0.481 e. The maximum Gasteiger partial charge on any atom is 0.317 e. The topological polar surface area (TPSA) is 224 Å². The lowest BCUT2D eigenvalue weighted by molar-refractivity contribution is -0.323. The lowest BCUT2D eigenvalue weighted by Gasteiger charge is -2.51. The minimum Gasteiger partial charge on any atom is -0.481 e. The highest BCUT2D eigenvalue weighted by molar-refractivity contribution is 5.90. The van der Waals surface area contributed by atoms with Gasteiger partial charge in [0.25, 0.3) is 0 Å². The zero-order chi connectivity index (χ0) is 21.2. The highest BCUT2D eigenvalue weighted by Gasteiger charge is 2.59. The van der Waals surface area contributed by atoms with Crippen LogP contribution in [0.2, 0.25) is 0 Å². The summed E-state index contributed by atoms with van der Waals surface area (Å²) >= 11 is 0. The Kier molecular flexibility index (Phi) is 7.30. The normalized spacial score (nSPS) is 44.1. The van der Waals surface area contributed by atoms with Crippen LogP contribution in [0, 0.1) is 0 Å². The minimum absolute atomic E-state index is 0.616. The molecular weight excluding hydrogens is 388 g/mol. The van der Waals surface area contributed by atoms with Crippen molar-refractivity contribution in [3.8, 4) is 0 Å². The fourth-order valence-corrected chi connectivity index (χ4v) is 3.19. The van der Waals surface area contributed by atoms with Crippen LogP contribution in [0.25, 0.3) is 0 Å². The molecular formula is C15H24O13. The van der Waals surface area contributed by atoms with Gasteiger partial charge in [-0.3, -0.25) is 9.59 Å². The van der Waals surface area contributed by atoms with E-state index in [1.807, 2.05) is 0 Å². The van der Waals surface area contributed by atoms with Gasteiger partial charge < -0.3 is 55.1 Å². The van der Waals surface area contributed by atoms with Crippen molar-refractivity contribution in [3.63, 3.8) is 0 Å². The first-order valence-electron chi connectivity index (χ1n) is 8.41. The van der Waals surface area contributed by atoms with E-state index < -0.39 is 92.6 Å². The summed E-state index contributed by atoms with van der Waals surface area (Å²) in [7, 11) is 0. The van der Waals surface area contributed by atoms with Gasteiger partial charge in [-0.15, -0.1) is 0 Å². The molecule has 2 saturated heterocycles. The number of carboxylic acids is 1. The summed E-state index contributed by atoms with van der Waals surface area (Å²) in [5, 5.41) is 78.7. The molecule has 8 N–H and O–H groups in total. The molecule has 0 amide bonds. The Morgan fingerprint density at radius 3 is 2.21 bits per heavy atom. The van der Waals surface area contributed by atoms with Crippen LogP contribution in [0.3, 0.4) is 0 Å². The highest BCUT2D eigenvalue weighted by atomic mass is 16.6. The summed E-state index contributed by atoms with van der Waals surface area (Å²) in [5.41, 5.74) is -2.45. The molecule has 0 saturated carbocycles. The van der Waals surface area contributed by atoms with Crippen LogP contribution in [0.1, 0.15) is 6.42 Å². The molecule has 2 aliphatic heterocycles. The monoisotopic (exact) mass is 412 g/mol. The lowest BCUT2D eigenvalue weighted by atomic mass is 9.78. The van der Waals surface area contributed by atoms with Crippen molar-refractivity contribution in [3.05, 3.63) is 0 Å². The molecule has 162 valence electrons. The molecule has 2 rings (SSSR count). The number of aliphatic carboxylic acids is 1. The average Bonchev–Trinajstić information content (AvgIpc) is 2.63. The van der Waals surface area contributed by atoms with E-state index in [0.717, 1.165) is 0 Å². The van der Waals surface area contributed by atoms with E-state index in [1.54, 1.807) is 0 Å². The maximum absolute atomic E-state index is 11.3. The van der Waals surface area contributed by atoms with Gasteiger partial charge in [-0.05, 0) is 0 Å². The molecule has 1 unspecified atom stereocenters. The molecule has 0 aliphatic carbocycles. The molecule has 0 bridgehead atoms. The molecule has 0 aromatic carbocycles. The first-order valence-corrected chi connectivity index (χ1v) is 8.41. The molecule has 2 aliphatic rings. The van der Waals surface area contributed by atoms with Gasteiger partial charge in [0, 0.05) is 0 Å². The van der Waals surface area contributed by atoms with Crippen LogP contribution in [-0.2, 0) is 23.8 Å². The fraction of sp³-hybridized carbons (Fsp3) is 0.867. The van der Waals surface area contributed by atoms with Crippen molar-refractivity contribution in [2.24, 2.45) is 0 Å². The van der Waals surface area contributed by atoms with Crippen LogP contribution >= 0.6 is 0 Å². The molecule has 2 heterocycles. The van der Waals surface area contributed by atoms with Gasteiger partial charge in [-0.2, -0.15) is 0 Å². The number of esters is 1. The first-order chi connectivity index (χ1) is 13.0. The van der Waals surface area contributed by atoms with E-state index in [2.05, 4.69) is 4.74 Å². The van der Waals surface area contributed by atoms with Crippen LogP contribution in [0.5, 0.6) is 0 Å². The molecule has 0 aromatic rings. The van der Waals surface area contributed by atoms with Crippen LogP contribution in [0.4, 0.5) is 0 Å². The Hall–Kier alpha value is -1.42. The summed E-state index contributed by atoms with van der Waals surface area (Å²) in [6.07, 6.45) is -14.6. The summed E-state index contributed by atoms with van der Waals surface area (Å²) in [5.74, 6) is -2.53. The van der Waals surface area contributed by atoms with E-state index in [0.29, 0.717) is 0 Å². The third kappa shape index (κ3) is 4.42. The fourth-order valence-electron chi connectivity index (χ4n) is 3.19. The van der Waals surface area contributed by atoms with Gasteiger partial charge in [0.1, 0.15) is 67.5 Å². The second-order valence-electron chi connectivity index (χ2n) is 6.78. The maximum atomic E-state index is 11.3. The van der Waals surface area contributed by atoms with Gasteiger partial charge in [0.05, 0.1) is 13.2 Å². The van der Waals surface area contributed by atoms with Gasteiger partial charge in [-0.1, -0.05) is 0 Å². The number of aliphatic hydroxyl groups is 7. The van der Waals surface area contributed by atoms with Gasteiger partial charge in [0.15, 0.2) is 0 Å². The first kappa shape index (κ1) is 22.9. The van der Waals surface area contributed by atoms with E-state index in [9.17, 15) is 45.3 Å². The van der Waals surface area contributed by atoms with Crippen LogP contribution in [-0.4, -0.2) is 127 Å². The van der Waals surface area contributed by atoms with E-state index in [1.165, 1.54) is 0 Å². The second-order valence-corrected chi connectivity index (χ2v) is 6.78. The predicted molar refractivity (Wildman–Crippen MR) is 83.7 cm³/mol. The van der Waals surface area contributed by atoms with Crippen molar-refractivity contribution < 1.29 is 64.7 Å². The number of carbonyl (C=O) groups is 2. The SMILES string of the molecule is O=C(O)CC(=O)OC[C@H]1OC[C@@](O)(C2O[C@H](CO)[C@@H](O)[C@H](O)[C@H]2O)[C@@H](O)[C@@H]1O. The van der Waals surface area contributed by atoms with Gasteiger partial charge >= 0.3 is 11.9 Å². The lowest BCUT2D eigenvalue weighted by Crippen LogP contribution is -2.73. The summed E-state index contributed by atoms with van der Waals surface area (Å²) in [4.78, 5) is 21.7. The molecule has 0 spiro atoms. The third-order valence-electron chi connectivity index (χ3n) is 4.83. The molecule has 13 nitrogen and oxygen atoms in total. The summed E-state index contributed by atoms with van der Waals surface area (Å²) in [6.45, 7) is -2.12. The third-order valence-corrected chi connectivity index (χ3v) is 4.83. The minimum atomic E-state index is -2.45. The Morgan fingerprint density at radius 1 is 1.00 bits per heavy atom. The number of hydrogen-bond donors (Lipinski definition) is 8. The smallest absolute Gasteiger partial charge is 0.317 e. The average molecular weight is 412 g/mol. The van der Waals surface area contributed by atoms with Crippen molar-refractivity contribution in [2.45, 2.75) is 60.9 Å². The number of carbonyl (C=O) groups excluding carboxylic acids is 1. The Morgan fingerprint density at radius 2 is 1.64 bits per heavy atom. The van der Waals surface area contributed by atoms with Crippen LogP contribution in [0.15, 0.2) is 0 Å². The molecule has 2 fully saturated rings. The number of aliphatic hydroxyl groups excluding tert-OH is 6.